The number of imide groups is 1. The Kier molecular flexibility index (Phi) is 6.45. The van der Waals surface area contributed by atoms with E-state index in [-0.39, 0.29) is 30.8 Å². The van der Waals surface area contributed by atoms with Gasteiger partial charge in [-0.1, -0.05) is 37.3 Å². The van der Waals surface area contributed by atoms with Crippen LogP contribution in [0, 0.1) is 0 Å². The van der Waals surface area contributed by atoms with Crippen LogP contribution < -0.4 is 10.6 Å². The van der Waals surface area contributed by atoms with E-state index in [9.17, 15) is 14.4 Å². The van der Waals surface area contributed by atoms with Gasteiger partial charge in [0.05, 0.1) is 6.54 Å². The highest BCUT2D eigenvalue weighted by Crippen LogP contribution is 2.17. The topological polar surface area (TPSA) is 81.8 Å². The minimum absolute atomic E-state index is 0.0680. The molecule has 0 radical (unpaired) electrons. The summed E-state index contributed by atoms with van der Waals surface area (Å²) in [6.07, 6.45) is 2.84. The summed E-state index contributed by atoms with van der Waals surface area (Å²) in [6.45, 7) is 5.13. The first-order valence-corrected chi connectivity index (χ1v) is 9.75. The van der Waals surface area contributed by atoms with Gasteiger partial charge in [-0.25, -0.2) is 4.79 Å². The normalized spacial score (nSPS) is 22.9. The maximum atomic E-state index is 12.5. The van der Waals surface area contributed by atoms with Crippen LogP contribution in [0.15, 0.2) is 30.3 Å². The number of benzene rings is 1. The van der Waals surface area contributed by atoms with Gasteiger partial charge in [-0.2, -0.15) is 0 Å². The van der Waals surface area contributed by atoms with Gasteiger partial charge in [0, 0.05) is 19.0 Å². The fourth-order valence-electron chi connectivity index (χ4n) is 3.83. The first-order valence-electron chi connectivity index (χ1n) is 9.75. The maximum absolute atomic E-state index is 12.5. The molecule has 0 bridgehead atoms. The quantitative estimate of drug-likeness (QED) is 0.678. The Bertz CT molecular complexity index is 679. The number of hydrogen-bond donors (Lipinski definition) is 2. The molecule has 0 saturated carbocycles. The van der Waals surface area contributed by atoms with Gasteiger partial charge in [0.25, 0.3) is 5.91 Å². The number of carbonyl (C=O) groups excluding carboxylic acids is 3. The molecule has 3 rings (SSSR count). The predicted molar refractivity (Wildman–Crippen MR) is 102 cm³/mol. The van der Waals surface area contributed by atoms with Gasteiger partial charge >= 0.3 is 6.03 Å². The largest absolute Gasteiger partial charge is 0.355 e. The van der Waals surface area contributed by atoms with E-state index in [4.69, 9.17) is 0 Å². The van der Waals surface area contributed by atoms with Gasteiger partial charge in [-0.15, -0.1) is 0 Å². The van der Waals surface area contributed by atoms with Gasteiger partial charge in [0.15, 0.2) is 0 Å². The molecule has 2 heterocycles. The summed E-state index contributed by atoms with van der Waals surface area (Å²) < 4.78 is 0. The van der Waals surface area contributed by atoms with Crippen molar-refractivity contribution in [2.75, 3.05) is 19.6 Å². The van der Waals surface area contributed by atoms with Gasteiger partial charge in [-0.3, -0.25) is 19.4 Å². The van der Waals surface area contributed by atoms with Crippen LogP contribution in [0.4, 0.5) is 4.79 Å². The van der Waals surface area contributed by atoms with Gasteiger partial charge in [-0.05, 0) is 37.9 Å². The van der Waals surface area contributed by atoms with E-state index in [1.165, 1.54) is 11.3 Å². The minimum Gasteiger partial charge on any atom is -0.355 e. The minimum atomic E-state index is -0.620. The van der Waals surface area contributed by atoms with E-state index in [0.717, 1.165) is 25.1 Å². The van der Waals surface area contributed by atoms with Crippen LogP contribution in [0.2, 0.25) is 0 Å². The second-order valence-corrected chi connectivity index (χ2v) is 7.18. The second-order valence-electron chi connectivity index (χ2n) is 7.18. The lowest BCUT2D eigenvalue weighted by Gasteiger charge is -2.22. The summed E-state index contributed by atoms with van der Waals surface area (Å²) in [4.78, 5) is 40.3. The third kappa shape index (κ3) is 4.86. The molecular formula is C20H28N4O3. The Balaban J connectivity index is 1.43. The maximum Gasteiger partial charge on any atom is 0.325 e. The summed E-state index contributed by atoms with van der Waals surface area (Å²) in [5.74, 6) is -0.328. The molecule has 0 aromatic heterocycles. The molecule has 2 atom stereocenters. The van der Waals surface area contributed by atoms with Crippen LogP contribution in [-0.4, -0.2) is 59.4 Å². The van der Waals surface area contributed by atoms with Crippen molar-refractivity contribution < 1.29 is 14.4 Å². The first kappa shape index (κ1) is 19.4. The molecule has 7 nitrogen and oxygen atoms in total. The molecule has 0 unspecified atom stereocenters. The fourth-order valence-corrected chi connectivity index (χ4v) is 3.83. The van der Waals surface area contributed by atoms with E-state index in [1.54, 1.807) is 0 Å². The zero-order chi connectivity index (χ0) is 19.2. The molecule has 27 heavy (non-hydrogen) atoms. The van der Waals surface area contributed by atoms with Crippen LogP contribution in [0.1, 0.15) is 38.2 Å². The van der Waals surface area contributed by atoms with Crippen LogP contribution >= 0.6 is 0 Å². The molecule has 2 saturated heterocycles. The van der Waals surface area contributed by atoms with Crippen molar-refractivity contribution in [1.29, 1.82) is 0 Å². The number of carbonyl (C=O) groups is 3. The number of amides is 4. The van der Waals surface area contributed by atoms with Crippen molar-refractivity contribution in [3.8, 4) is 0 Å². The van der Waals surface area contributed by atoms with E-state index in [0.29, 0.717) is 19.0 Å². The lowest BCUT2D eigenvalue weighted by molar-refractivity contribution is -0.128. The van der Waals surface area contributed by atoms with E-state index < -0.39 is 6.04 Å². The van der Waals surface area contributed by atoms with E-state index in [1.807, 2.05) is 30.3 Å². The molecule has 2 N–H and O–H groups in total. The van der Waals surface area contributed by atoms with Crippen LogP contribution in [0.3, 0.4) is 0 Å². The number of rotatable bonds is 8. The Morgan fingerprint density at radius 1 is 1.26 bits per heavy atom. The highest BCUT2D eigenvalue weighted by Gasteiger charge is 2.37. The highest BCUT2D eigenvalue weighted by molar-refractivity contribution is 6.04. The Morgan fingerprint density at radius 2 is 2.04 bits per heavy atom. The van der Waals surface area contributed by atoms with Crippen molar-refractivity contribution in [2.24, 2.45) is 0 Å². The molecule has 1 aromatic carbocycles. The van der Waals surface area contributed by atoms with Crippen LogP contribution in [0.5, 0.6) is 0 Å². The molecule has 1 aromatic rings. The standard InChI is InChI=1S/C20H28N4O3/c1-2-23-12-6-9-16(23)13-21-18(25)11-10-17-19(26)24(20(27)22-17)14-15-7-4-3-5-8-15/h3-5,7-8,16-17H,2,6,9-14H2,1H3,(H,21,25)(H,22,27)/t16-,17-/m1/s1. The van der Waals surface area contributed by atoms with Crippen LogP contribution in [0.25, 0.3) is 0 Å². The summed E-state index contributed by atoms with van der Waals surface area (Å²) in [7, 11) is 0. The number of nitrogens with one attached hydrogen (secondary N) is 2. The summed E-state index contributed by atoms with van der Waals surface area (Å²) in [5.41, 5.74) is 0.899. The predicted octanol–water partition coefficient (Wildman–Crippen LogP) is 1.49. The van der Waals surface area contributed by atoms with Crippen molar-refractivity contribution in [1.82, 2.24) is 20.4 Å². The lowest BCUT2D eigenvalue weighted by atomic mass is 10.1. The SMILES string of the molecule is CCN1CCC[C@@H]1CNC(=O)CC[C@H]1NC(=O)N(Cc2ccccc2)C1=O. The monoisotopic (exact) mass is 372 g/mol. The number of hydrogen-bond acceptors (Lipinski definition) is 4. The zero-order valence-corrected chi connectivity index (χ0v) is 15.8. The molecule has 2 aliphatic heterocycles. The number of likely N-dealkylation sites (tertiary alicyclic amines) is 1. The molecule has 2 aliphatic rings. The smallest absolute Gasteiger partial charge is 0.325 e. The zero-order valence-electron chi connectivity index (χ0n) is 15.8. The summed E-state index contributed by atoms with van der Waals surface area (Å²) in [6, 6.07) is 8.80. The summed E-state index contributed by atoms with van der Waals surface area (Å²) in [5, 5.41) is 5.66. The van der Waals surface area contributed by atoms with E-state index >= 15 is 0 Å². The Labute approximate surface area is 160 Å². The number of urea groups is 1. The van der Waals surface area contributed by atoms with Gasteiger partial charge < -0.3 is 10.6 Å². The average Bonchev–Trinajstić information content (AvgIpc) is 3.25. The molecule has 0 spiro atoms. The number of nitrogens with zero attached hydrogens (tertiary/aromatic N) is 2. The molecule has 4 amide bonds. The van der Waals surface area contributed by atoms with Gasteiger partial charge in [0.1, 0.15) is 6.04 Å². The molecule has 7 heteroatoms. The third-order valence-electron chi connectivity index (χ3n) is 5.39. The Hall–Kier alpha value is -2.41. The first-order chi connectivity index (χ1) is 13.1. The van der Waals surface area contributed by atoms with Crippen molar-refractivity contribution in [3.63, 3.8) is 0 Å². The van der Waals surface area contributed by atoms with Gasteiger partial charge in [0.2, 0.25) is 5.91 Å². The molecule has 146 valence electrons. The second kappa shape index (κ2) is 8.99. The highest BCUT2D eigenvalue weighted by atomic mass is 16.2. The fraction of sp³-hybridized carbons (Fsp3) is 0.550. The molecule has 0 aliphatic carbocycles. The Morgan fingerprint density at radius 3 is 2.78 bits per heavy atom. The van der Waals surface area contributed by atoms with Crippen molar-refractivity contribution in [3.05, 3.63) is 35.9 Å². The molecule has 2 fully saturated rings. The average molecular weight is 372 g/mol. The van der Waals surface area contributed by atoms with E-state index in [2.05, 4.69) is 22.5 Å². The van der Waals surface area contributed by atoms with Crippen molar-refractivity contribution >= 4 is 17.8 Å². The van der Waals surface area contributed by atoms with Crippen LogP contribution in [-0.2, 0) is 16.1 Å². The van der Waals surface area contributed by atoms with Crippen molar-refractivity contribution in [2.45, 2.75) is 51.2 Å². The third-order valence-corrected chi connectivity index (χ3v) is 5.39. The summed E-state index contributed by atoms with van der Waals surface area (Å²) >= 11 is 0. The number of likely N-dealkylation sites (N-methyl/N-ethyl adjacent to an activating group) is 1. The molecular weight excluding hydrogens is 344 g/mol. The lowest BCUT2D eigenvalue weighted by Crippen LogP contribution is -2.40.